The molecule has 0 aliphatic rings. The Morgan fingerprint density at radius 2 is 1.60 bits per heavy atom. The van der Waals surface area contributed by atoms with E-state index in [-0.39, 0.29) is 51.4 Å². The van der Waals surface area contributed by atoms with Crippen LogP contribution < -0.4 is 51.4 Å². The molecule has 0 aromatic heterocycles. The van der Waals surface area contributed by atoms with Crippen molar-refractivity contribution in [2.24, 2.45) is 0 Å². The average molecular weight is 194 g/mol. The molecule has 7 heteroatoms. The van der Waals surface area contributed by atoms with Crippen molar-refractivity contribution in [3.05, 3.63) is 0 Å². The van der Waals surface area contributed by atoms with E-state index < -0.39 is 28.6 Å². The molecule has 0 spiro atoms. The molecule has 0 aliphatic heterocycles. The van der Waals surface area contributed by atoms with Gasteiger partial charge in [0, 0.05) is 0 Å². The number of rotatable bonds is 3. The topological polar surface area (TPSA) is 97.7 Å². The quantitative estimate of drug-likeness (QED) is 0.346. The molecule has 0 saturated heterocycles. The maximum atomic E-state index is 9.92. The smallest absolute Gasteiger partial charge is 0.748 e. The van der Waals surface area contributed by atoms with Gasteiger partial charge in [-0.15, -0.1) is 0 Å². The summed E-state index contributed by atoms with van der Waals surface area (Å²) in [4.78, 5) is 0. The van der Waals surface area contributed by atoms with Gasteiger partial charge in [-0.05, 0) is 0 Å². The fourth-order valence-electron chi connectivity index (χ4n) is 0.240. The summed E-state index contributed by atoms with van der Waals surface area (Å²) in [5.74, 6) is 0. The second-order valence-corrected chi connectivity index (χ2v) is 3.13. The molecule has 0 fully saturated rings. The molecular formula is C3H7KO5S. The van der Waals surface area contributed by atoms with Gasteiger partial charge in [-0.25, -0.2) is 8.42 Å². The minimum Gasteiger partial charge on any atom is -0.748 e. The normalized spacial score (nSPS) is 11.2. The summed E-state index contributed by atoms with van der Waals surface area (Å²) in [6.07, 6.45) is 0. The van der Waals surface area contributed by atoms with E-state index in [1.165, 1.54) is 0 Å². The Bertz CT molecular complexity index is 160. The molecule has 0 atom stereocenters. The number of hydrogen-bond donors (Lipinski definition) is 2. The number of aliphatic hydroxyl groups excluding tert-OH is 2. The first-order chi connectivity index (χ1) is 4.02. The maximum Gasteiger partial charge on any atom is 1.00 e. The van der Waals surface area contributed by atoms with Crippen molar-refractivity contribution >= 4 is 10.1 Å². The third-order valence-electron chi connectivity index (χ3n) is 0.816. The molecule has 0 amide bonds. The van der Waals surface area contributed by atoms with E-state index in [2.05, 4.69) is 0 Å². The minimum atomic E-state index is -4.52. The van der Waals surface area contributed by atoms with Crippen molar-refractivity contribution in [1.29, 1.82) is 0 Å². The molecule has 0 aromatic carbocycles. The largest absolute Gasteiger partial charge is 1.00 e. The van der Waals surface area contributed by atoms with Crippen LogP contribution in [0.1, 0.15) is 0 Å². The summed E-state index contributed by atoms with van der Waals surface area (Å²) in [5.41, 5.74) is 0. The molecule has 0 aliphatic carbocycles. The summed E-state index contributed by atoms with van der Waals surface area (Å²) in [6, 6.07) is 0. The van der Waals surface area contributed by atoms with Crippen LogP contribution in [0.3, 0.4) is 0 Å². The Morgan fingerprint density at radius 3 is 1.60 bits per heavy atom. The molecule has 0 bridgehead atoms. The van der Waals surface area contributed by atoms with Crippen molar-refractivity contribution in [3.63, 3.8) is 0 Å². The molecule has 0 unspecified atom stereocenters. The molecule has 2 N–H and O–H groups in total. The van der Waals surface area contributed by atoms with E-state index in [0.29, 0.717) is 0 Å². The van der Waals surface area contributed by atoms with E-state index in [0.717, 1.165) is 0 Å². The second-order valence-electron chi connectivity index (χ2n) is 1.48. The van der Waals surface area contributed by atoms with Gasteiger partial charge in [0.15, 0.2) is 0 Å². The third-order valence-corrected chi connectivity index (χ3v) is 1.93. The van der Waals surface area contributed by atoms with Gasteiger partial charge in [0.1, 0.15) is 10.1 Å². The van der Waals surface area contributed by atoms with Crippen molar-refractivity contribution in [2.45, 2.75) is 5.25 Å². The van der Waals surface area contributed by atoms with Gasteiger partial charge in [0.25, 0.3) is 0 Å². The summed E-state index contributed by atoms with van der Waals surface area (Å²) < 4.78 is 29.8. The average Bonchev–Trinajstić information content (AvgIpc) is 1.65. The standard InChI is InChI=1S/C3H8O5S.K/c4-1-3(2-5)9(6,7)8;/h3-5H,1-2H2,(H,6,7,8);/q;+1/p-1. The molecule has 0 saturated carbocycles. The van der Waals surface area contributed by atoms with Gasteiger partial charge < -0.3 is 14.8 Å². The van der Waals surface area contributed by atoms with Crippen LogP contribution >= 0.6 is 0 Å². The monoisotopic (exact) mass is 194 g/mol. The first-order valence-corrected chi connectivity index (χ1v) is 3.66. The van der Waals surface area contributed by atoms with E-state index >= 15 is 0 Å². The van der Waals surface area contributed by atoms with Gasteiger partial charge in [-0.3, -0.25) is 0 Å². The minimum absolute atomic E-state index is 0. The Morgan fingerprint density at radius 1 is 1.30 bits per heavy atom. The third kappa shape index (κ3) is 5.16. The van der Waals surface area contributed by atoms with Crippen molar-refractivity contribution in [1.82, 2.24) is 0 Å². The van der Waals surface area contributed by atoms with Crippen LogP contribution in [0.5, 0.6) is 0 Å². The molecule has 10 heavy (non-hydrogen) atoms. The van der Waals surface area contributed by atoms with Crippen LogP contribution in [-0.4, -0.2) is 41.6 Å². The zero-order chi connectivity index (χ0) is 7.49. The molecule has 0 rings (SSSR count). The fourth-order valence-corrected chi connectivity index (χ4v) is 0.605. The summed E-state index contributed by atoms with van der Waals surface area (Å²) >= 11 is 0. The van der Waals surface area contributed by atoms with E-state index in [4.69, 9.17) is 10.2 Å². The molecule has 0 radical (unpaired) electrons. The van der Waals surface area contributed by atoms with E-state index in [1.54, 1.807) is 0 Å². The van der Waals surface area contributed by atoms with Crippen LogP contribution in [0.2, 0.25) is 0 Å². The zero-order valence-corrected chi connectivity index (χ0v) is 9.46. The Labute approximate surface area is 102 Å². The van der Waals surface area contributed by atoms with Crippen molar-refractivity contribution in [3.8, 4) is 0 Å². The van der Waals surface area contributed by atoms with Crippen LogP contribution in [0.25, 0.3) is 0 Å². The van der Waals surface area contributed by atoms with Crippen LogP contribution in [-0.2, 0) is 10.1 Å². The molecule has 0 aromatic rings. The first kappa shape index (κ1) is 14.0. The predicted octanol–water partition coefficient (Wildman–Crippen LogP) is -5.11. The Kier molecular flexibility index (Phi) is 8.46. The summed E-state index contributed by atoms with van der Waals surface area (Å²) in [6.45, 7) is -1.66. The molecule has 56 valence electrons. The van der Waals surface area contributed by atoms with E-state index in [9.17, 15) is 13.0 Å². The molecule has 5 nitrogen and oxygen atoms in total. The Hall–Kier alpha value is 1.47. The van der Waals surface area contributed by atoms with Crippen molar-refractivity contribution in [2.75, 3.05) is 13.2 Å². The van der Waals surface area contributed by atoms with Crippen LogP contribution in [0.4, 0.5) is 0 Å². The van der Waals surface area contributed by atoms with Gasteiger partial charge in [0.2, 0.25) is 0 Å². The van der Waals surface area contributed by atoms with Gasteiger partial charge >= 0.3 is 51.4 Å². The first-order valence-electron chi connectivity index (χ1n) is 2.18. The number of hydrogen-bond acceptors (Lipinski definition) is 5. The summed E-state index contributed by atoms with van der Waals surface area (Å²) in [5, 5.41) is 14.7. The maximum absolute atomic E-state index is 9.92. The van der Waals surface area contributed by atoms with Gasteiger partial charge in [0.05, 0.1) is 18.5 Å². The van der Waals surface area contributed by atoms with Crippen LogP contribution in [0.15, 0.2) is 0 Å². The second kappa shape index (κ2) is 6.04. The van der Waals surface area contributed by atoms with E-state index in [1.807, 2.05) is 0 Å². The molecule has 0 heterocycles. The fraction of sp³-hybridized carbons (Fsp3) is 1.00. The van der Waals surface area contributed by atoms with Crippen molar-refractivity contribution < 1.29 is 74.6 Å². The van der Waals surface area contributed by atoms with Gasteiger partial charge in [-0.2, -0.15) is 0 Å². The number of aliphatic hydroxyl groups is 2. The molecular weight excluding hydrogens is 187 g/mol. The van der Waals surface area contributed by atoms with Crippen LogP contribution in [0, 0.1) is 0 Å². The Balaban J connectivity index is 0. The predicted molar refractivity (Wildman–Crippen MR) is 27.7 cm³/mol. The SMILES string of the molecule is O=S(=O)([O-])C(CO)CO.[K+]. The zero-order valence-electron chi connectivity index (χ0n) is 5.52. The summed E-state index contributed by atoms with van der Waals surface area (Å²) in [7, 11) is -4.52. The van der Waals surface area contributed by atoms with Gasteiger partial charge in [-0.1, -0.05) is 0 Å².